The number of hydrogen-bond donors (Lipinski definition) is 3. The summed E-state index contributed by atoms with van der Waals surface area (Å²) in [5.74, 6) is -0.457. The lowest BCUT2D eigenvalue weighted by Crippen LogP contribution is -2.24. The summed E-state index contributed by atoms with van der Waals surface area (Å²) in [5, 5.41) is 11.5. The predicted octanol–water partition coefficient (Wildman–Crippen LogP) is 1.08. The number of carboxylic acid groups (broad SMARTS) is 1. The summed E-state index contributed by atoms with van der Waals surface area (Å²) in [4.78, 5) is 22.7. The van der Waals surface area contributed by atoms with Gasteiger partial charge in [-0.25, -0.2) is 4.79 Å². The normalized spacial score (nSPS) is 12.2. The molecule has 1 aromatic heterocycles. The number of nitrogens with two attached hydrogens (primary N) is 1. The highest BCUT2D eigenvalue weighted by molar-refractivity contribution is 7.08. The SMILES string of the molecule is Nc1c(C(=O)NCc2ccc3c(c2)OCO3)nsc1C(=O)O. The van der Waals surface area contributed by atoms with Gasteiger partial charge in [-0.2, -0.15) is 4.37 Å². The van der Waals surface area contributed by atoms with Crippen LogP contribution in [0.15, 0.2) is 18.2 Å². The van der Waals surface area contributed by atoms with Gasteiger partial charge in [-0.15, -0.1) is 0 Å². The third-order valence-electron chi connectivity index (χ3n) is 3.03. The largest absolute Gasteiger partial charge is 0.477 e. The number of hydrogen-bond acceptors (Lipinski definition) is 7. The molecule has 9 heteroatoms. The third kappa shape index (κ3) is 2.53. The molecule has 1 aliphatic heterocycles. The fraction of sp³-hybridized carbons (Fsp3) is 0.154. The number of rotatable bonds is 4. The molecular weight excluding hydrogens is 310 g/mol. The highest BCUT2D eigenvalue weighted by Crippen LogP contribution is 2.32. The molecule has 0 atom stereocenters. The van der Waals surface area contributed by atoms with Crippen molar-refractivity contribution in [2.24, 2.45) is 0 Å². The molecular formula is C13H11N3O5S. The zero-order chi connectivity index (χ0) is 15.7. The van der Waals surface area contributed by atoms with E-state index in [1.54, 1.807) is 18.2 Å². The smallest absolute Gasteiger partial charge is 0.349 e. The van der Waals surface area contributed by atoms with Crippen LogP contribution >= 0.6 is 11.5 Å². The number of fused-ring (bicyclic) bond motifs is 1. The molecule has 1 aliphatic rings. The van der Waals surface area contributed by atoms with Crippen molar-refractivity contribution < 1.29 is 24.2 Å². The number of carboxylic acids is 1. The number of benzene rings is 1. The molecule has 0 spiro atoms. The standard InChI is InChI=1S/C13H11N3O5S/c14-9-10(16-22-11(9)13(18)19)12(17)15-4-6-1-2-7-8(3-6)21-5-20-7/h1-3H,4-5,14H2,(H,15,17)(H,18,19). The van der Waals surface area contributed by atoms with Crippen molar-refractivity contribution in [1.29, 1.82) is 0 Å². The first-order valence-corrected chi connectivity index (χ1v) is 6.98. The average molecular weight is 321 g/mol. The highest BCUT2D eigenvalue weighted by Gasteiger charge is 2.21. The Bertz CT molecular complexity index is 758. The minimum absolute atomic E-state index is 0.0804. The van der Waals surface area contributed by atoms with E-state index in [-0.39, 0.29) is 29.6 Å². The predicted molar refractivity (Wildman–Crippen MR) is 77.2 cm³/mol. The molecule has 2 heterocycles. The van der Waals surface area contributed by atoms with E-state index in [1.807, 2.05) is 0 Å². The molecule has 22 heavy (non-hydrogen) atoms. The molecule has 0 saturated heterocycles. The molecule has 2 aromatic rings. The van der Waals surface area contributed by atoms with Crippen molar-refractivity contribution in [3.05, 3.63) is 34.3 Å². The van der Waals surface area contributed by atoms with Gasteiger partial charge in [-0.05, 0) is 29.2 Å². The zero-order valence-electron chi connectivity index (χ0n) is 11.2. The molecule has 4 N–H and O–H groups in total. The number of aromatic carboxylic acids is 1. The van der Waals surface area contributed by atoms with Crippen LogP contribution in [0.1, 0.15) is 25.7 Å². The number of ether oxygens (including phenoxy) is 2. The highest BCUT2D eigenvalue weighted by atomic mass is 32.1. The second-order valence-corrected chi connectivity index (χ2v) is 5.22. The topological polar surface area (TPSA) is 124 Å². The number of aromatic nitrogens is 1. The summed E-state index contributed by atoms with van der Waals surface area (Å²) in [6, 6.07) is 5.31. The number of anilines is 1. The lowest BCUT2D eigenvalue weighted by atomic mass is 10.2. The number of carbonyl (C=O) groups excluding carboxylic acids is 1. The lowest BCUT2D eigenvalue weighted by molar-refractivity contribution is 0.0703. The second kappa shape index (κ2) is 5.53. The van der Waals surface area contributed by atoms with E-state index >= 15 is 0 Å². The Morgan fingerprint density at radius 3 is 2.86 bits per heavy atom. The number of amides is 1. The minimum Gasteiger partial charge on any atom is -0.477 e. The van der Waals surface area contributed by atoms with Gasteiger partial charge in [0.15, 0.2) is 22.1 Å². The molecule has 0 saturated carbocycles. The number of nitrogens with zero attached hydrogens (tertiary/aromatic N) is 1. The van der Waals surface area contributed by atoms with Gasteiger partial charge in [0, 0.05) is 6.54 Å². The number of nitrogen functional groups attached to an aromatic ring is 1. The van der Waals surface area contributed by atoms with Crippen LogP contribution in [0.5, 0.6) is 11.5 Å². The monoisotopic (exact) mass is 321 g/mol. The fourth-order valence-electron chi connectivity index (χ4n) is 1.93. The minimum atomic E-state index is -1.20. The summed E-state index contributed by atoms with van der Waals surface area (Å²) >= 11 is 0.679. The van der Waals surface area contributed by atoms with Crippen LogP contribution in [0, 0.1) is 0 Å². The molecule has 0 bridgehead atoms. The molecule has 1 amide bonds. The van der Waals surface area contributed by atoms with E-state index in [0.29, 0.717) is 23.0 Å². The maximum atomic E-state index is 12.0. The molecule has 0 radical (unpaired) electrons. The molecule has 3 rings (SSSR count). The van der Waals surface area contributed by atoms with Crippen LogP contribution in [0.3, 0.4) is 0 Å². The van der Waals surface area contributed by atoms with E-state index in [2.05, 4.69) is 9.69 Å². The third-order valence-corrected chi connectivity index (χ3v) is 3.88. The fourth-order valence-corrected chi connectivity index (χ4v) is 2.57. The van der Waals surface area contributed by atoms with Crippen LogP contribution < -0.4 is 20.5 Å². The molecule has 8 nitrogen and oxygen atoms in total. The number of nitrogens with one attached hydrogen (secondary N) is 1. The van der Waals surface area contributed by atoms with Gasteiger partial charge < -0.3 is 25.6 Å². The van der Waals surface area contributed by atoms with Gasteiger partial charge in [0.25, 0.3) is 5.91 Å². The van der Waals surface area contributed by atoms with E-state index in [0.717, 1.165) is 5.56 Å². The van der Waals surface area contributed by atoms with Gasteiger partial charge >= 0.3 is 5.97 Å². The van der Waals surface area contributed by atoms with Crippen molar-refractivity contribution in [2.45, 2.75) is 6.54 Å². The number of carbonyl (C=O) groups is 2. The van der Waals surface area contributed by atoms with Crippen LogP contribution in [0.4, 0.5) is 5.69 Å². The summed E-state index contributed by atoms with van der Waals surface area (Å²) < 4.78 is 14.2. The van der Waals surface area contributed by atoms with Gasteiger partial charge in [0.2, 0.25) is 6.79 Å². The first-order chi connectivity index (χ1) is 10.6. The Labute approximate surface area is 128 Å². The molecule has 0 unspecified atom stereocenters. The van der Waals surface area contributed by atoms with Crippen molar-refractivity contribution in [2.75, 3.05) is 12.5 Å². The second-order valence-electron chi connectivity index (χ2n) is 4.45. The van der Waals surface area contributed by atoms with Crippen LogP contribution in [-0.4, -0.2) is 28.1 Å². The lowest BCUT2D eigenvalue weighted by Gasteiger charge is -2.05. The van der Waals surface area contributed by atoms with E-state index in [9.17, 15) is 9.59 Å². The molecule has 1 aromatic carbocycles. The Kier molecular flexibility index (Phi) is 3.55. The molecule has 0 fully saturated rings. The molecule has 114 valence electrons. The first-order valence-electron chi connectivity index (χ1n) is 6.21. The van der Waals surface area contributed by atoms with Gasteiger partial charge in [-0.3, -0.25) is 4.79 Å². The van der Waals surface area contributed by atoms with Crippen molar-refractivity contribution in [3.8, 4) is 11.5 Å². The maximum absolute atomic E-state index is 12.0. The van der Waals surface area contributed by atoms with Crippen LogP contribution in [0.25, 0.3) is 0 Å². The van der Waals surface area contributed by atoms with Crippen LogP contribution in [0.2, 0.25) is 0 Å². The Balaban J connectivity index is 1.69. The van der Waals surface area contributed by atoms with E-state index in [1.165, 1.54) is 0 Å². The van der Waals surface area contributed by atoms with Crippen LogP contribution in [-0.2, 0) is 6.54 Å². The summed E-state index contributed by atoms with van der Waals surface area (Å²) in [7, 11) is 0. The first kappa shape index (κ1) is 14.1. The quantitative estimate of drug-likeness (QED) is 0.769. The molecule has 0 aliphatic carbocycles. The van der Waals surface area contributed by atoms with Crippen molar-refractivity contribution in [3.63, 3.8) is 0 Å². The summed E-state index contributed by atoms with van der Waals surface area (Å²) in [6.07, 6.45) is 0. The Morgan fingerprint density at radius 2 is 2.14 bits per heavy atom. The Hall–Kier alpha value is -2.81. The van der Waals surface area contributed by atoms with Gasteiger partial charge in [-0.1, -0.05) is 6.07 Å². The van der Waals surface area contributed by atoms with Crippen molar-refractivity contribution >= 4 is 29.1 Å². The average Bonchev–Trinajstić information content (AvgIpc) is 3.10. The zero-order valence-corrected chi connectivity index (χ0v) is 12.0. The Morgan fingerprint density at radius 1 is 1.36 bits per heavy atom. The maximum Gasteiger partial charge on any atom is 0.349 e. The summed E-state index contributed by atoms with van der Waals surface area (Å²) in [5.41, 5.74) is 6.22. The van der Waals surface area contributed by atoms with E-state index < -0.39 is 11.9 Å². The van der Waals surface area contributed by atoms with Gasteiger partial charge in [0.1, 0.15) is 0 Å². The van der Waals surface area contributed by atoms with E-state index in [4.69, 9.17) is 20.3 Å². The van der Waals surface area contributed by atoms with Gasteiger partial charge in [0.05, 0.1) is 5.69 Å². The van der Waals surface area contributed by atoms with Crippen molar-refractivity contribution in [1.82, 2.24) is 9.69 Å². The summed E-state index contributed by atoms with van der Waals surface area (Å²) in [6.45, 7) is 0.410.